The van der Waals surface area contributed by atoms with Crippen LogP contribution in [0.25, 0.3) is 165 Å². The number of fused-ring (bicyclic) bond motifs is 14. The zero-order valence-electron chi connectivity index (χ0n) is 57.3. The van der Waals surface area contributed by atoms with Crippen LogP contribution in [0, 0.1) is 0 Å². The first kappa shape index (κ1) is 59.2. The molecule has 0 aliphatic rings. The van der Waals surface area contributed by atoms with Gasteiger partial charge in [0.15, 0.2) is 0 Å². The second-order valence-corrected chi connectivity index (χ2v) is 31.3. The van der Waals surface area contributed by atoms with Gasteiger partial charge in [-0.1, -0.05) is 326 Å². The number of aromatic nitrogens is 2. The lowest BCUT2D eigenvalue weighted by molar-refractivity contribution is 0.568. The molecule has 0 bridgehead atoms. The van der Waals surface area contributed by atoms with Gasteiger partial charge in [0.05, 0.1) is 33.1 Å². The zero-order chi connectivity index (χ0) is 65.9. The van der Waals surface area contributed by atoms with Gasteiger partial charge < -0.3 is 8.80 Å². The number of rotatable bonds is 8. The van der Waals surface area contributed by atoms with Crippen LogP contribution in [0.2, 0.25) is 0 Å². The van der Waals surface area contributed by atoms with Gasteiger partial charge in [-0.15, -0.1) is 0 Å². The fraction of sp³-hybridized carbons (Fsp3) is 0.170. The predicted molar refractivity (Wildman–Crippen MR) is 414 cm³/mol. The summed E-state index contributed by atoms with van der Waals surface area (Å²) in [6.07, 6.45) is 0. The van der Waals surface area contributed by atoms with E-state index in [0.717, 1.165) is 0 Å². The maximum Gasteiger partial charge on any atom is 0.0634 e. The molecule has 0 saturated heterocycles. The van der Waals surface area contributed by atoms with Crippen LogP contribution in [0.3, 0.4) is 0 Å². The van der Waals surface area contributed by atoms with Crippen molar-refractivity contribution in [3.05, 3.63) is 289 Å². The summed E-state index contributed by atoms with van der Waals surface area (Å²) >= 11 is 0. The molecular weight excluding hydrogens is 1160 g/mol. The highest BCUT2D eigenvalue weighted by Gasteiger charge is 2.32. The van der Waals surface area contributed by atoms with E-state index in [4.69, 9.17) is 0 Å². The van der Waals surface area contributed by atoms with E-state index in [1.807, 2.05) is 0 Å². The summed E-state index contributed by atoms with van der Waals surface area (Å²) in [5, 5.41) is 10.2. The lowest BCUT2D eigenvalue weighted by Crippen LogP contribution is -2.16. The van der Waals surface area contributed by atoms with E-state index in [-0.39, 0.29) is 21.7 Å². The Balaban J connectivity index is 1.04. The largest absolute Gasteiger partial charge is 0.308 e. The fourth-order valence-corrected chi connectivity index (χ4v) is 15.8. The summed E-state index contributed by atoms with van der Waals surface area (Å²) in [5.74, 6) is 0. The van der Waals surface area contributed by atoms with Crippen molar-refractivity contribution in [2.24, 2.45) is 0 Å². The van der Waals surface area contributed by atoms with Gasteiger partial charge >= 0.3 is 0 Å². The van der Waals surface area contributed by atoms with Crippen molar-refractivity contribution in [2.75, 3.05) is 0 Å². The molecular formula is C94H80N2. The summed E-state index contributed by atoms with van der Waals surface area (Å²) in [6.45, 7) is 28.2. The molecule has 2 heteroatoms. The van der Waals surface area contributed by atoms with Gasteiger partial charge in [0, 0.05) is 43.1 Å². The van der Waals surface area contributed by atoms with E-state index in [9.17, 15) is 0 Å². The van der Waals surface area contributed by atoms with Gasteiger partial charge in [0.1, 0.15) is 0 Å². The van der Waals surface area contributed by atoms with Crippen molar-refractivity contribution in [2.45, 2.75) is 105 Å². The molecule has 17 aromatic rings. The summed E-state index contributed by atoms with van der Waals surface area (Å²) in [6, 6.07) is 102. The highest BCUT2D eigenvalue weighted by Crippen LogP contribution is 2.55. The molecule has 4 heterocycles. The monoisotopic (exact) mass is 1240 g/mol. The molecule has 466 valence electrons. The molecule has 0 fully saturated rings. The Hall–Kier alpha value is -10.5. The van der Waals surface area contributed by atoms with Crippen molar-refractivity contribution < 1.29 is 0 Å². The Kier molecular flexibility index (Phi) is 13.3. The summed E-state index contributed by atoms with van der Waals surface area (Å²) < 4.78 is 5.37. The third kappa shape index (κ3) is 9.42. The van der Waals surface area contributed by atoms with E-state index in [0.29, 0.717) is 0 Å². The molecule has 0 unspecified atom stereocenters. The Morgan fingerprint density at radius 3 is 0.688 bits per heavy atom. The third-order valence-electron chi connectivity index (χ3n) is 21.0. The van der Waals surface area contributed by atoms with Crippen molar-refractivity contribution in [3.8, 4) is 89.0 Å². The van der Waals surface area contributed by atoms with Crippen LogP contribution in [0.1, 0.15) is 105 Å². The van der Waals surface area contributed by atoms with E-state index < -0.39 is 0 Å². The van der Waals surface area contributed by atoms with Crippen LogP contribution in [0.4, 0.5) is 0 Å². The lowest BCUT2D eigenvalue weighted by Gasteiger charge is -2.26. The molecule has 96 heavy (non-hydrogen) atoms. The quantitative estimate of drug-likeness (QED) is 0.143. The average Bonchev–Trinajstić information content (AvgIpc) is 1.49. The number of benzene rings is 13. The van der Waals surface area contributed by atoms with Crippen LogP contribution >= 0.6 is 0 Å². The summed E-state index contributed by atoms with van der Waals surface area (Å²) in [5.41, 5.74) is 32.0. The predicted octanol–water partition coefficient (Wildman–Crippen LogP) is 26.5. The molecule has 0 N–H and O–H groups in total. The molecule has 0 spiro atoms. The number of hydrogen-bond acceptors (Lipinski definition) is 0. The maximum absolute atomic E-state index is 2.68. The normalized spacial score (nSPS) is 12.8. The smallest absolute Gasteiger partial charge is 0.0634 e. The molecule has 4 aromatic heterocycles. The van der Waals surface area contributed by atoms with Gasteiger partial charge in [-0.3, -0.25) is 0 Å². The minimum atomic E-state index is -0.0454. The molecule has 0 radical (unpaired) electrons. The first-order valence-electron chi connectivity index (χ1n) is 34.4. The van der Waals surface area contributed by atoms with Crippen LogP contribution in [-0.2, 0) is 21.7 Å². The van der Waals surface area contributed by atoms with Crippen LogP contribution < -0.4 is 0 Å². The SMILES string of the molecule is CC(C)(C)c1cc(-c2ccc3c4c5c6ccc(-c7c(-c8ccccc8)cccc7-c7ccccc7)cc6n6c7cc(-c8cc(C(C)(C)C)cc(C(C)(C)C)c8)ccc7c(c7c8ccc(-c9c(-c%10ccccc%10)cccc9-c9ccccc9)cc8n(c3c2)c47)c56)cc(C(C)(C)C)c1. The summed E-state index contributed by atoms with van der Waals surface area (Å²) in [7, 11) is 0. The third-order valence-corrected chi connectivity index (χ3v) is 21.0. The highest BCUT2D eigenvalue weighted by molar-refractivity contribution is 6.45. The summed E-state index contributed by atoms with van der Waals surface area (Å²) in [4.78, 5) is 0. The molecule has 0 aliphatic heterocycles. The second kappa shape index (κ2) is 21.5. The lowest BCUT2D eigenvalue weighted by atomic mass is 9.79. The Morgan fingerprint density at radius 1 is 0.198 bits per heavy atom. The average molecular weight is 1240 g/mol. The highest BCUT2D eigenvalue weighted by atomic mass is 14.9. The standard InChI is InChI=1S/C94H80N2/c1-91(2,3)67-47-65(48-68(55-67)92(4,5)6)61-39-43-75-79(51-61)95-81-53-63(83-71(57-27-17-13-18-28-57)35-25-36-72(83)58-29-19-14-20-30-58)41-45-77(81)88-86-76-44-40-62(66-49-69(93(7,8)9)56-70(50-66)94(10,11)12)52-80(76)96-82-54-64(42-46-78(82)87(90(86)96)85(75)89(88)95)84-73(59-31-21-15-22-32-59)37-26-38-74(84)60-33-23-16-24-34-60/h13-56H,1-12H3. The molecule has 0 atom stereocenters. The van der Waals surface area contributed by atoms with E-state index in [1.54, 1.807) is 0 Å². The number of hydrogen-bond donors (Lipinski definition) is 0. The van der Waals surface area contributed by atoms with E-state index in [1.165, 1.54) is 187 Å². The van der Waals surface area contributed by atoms with Crippen molar-refractivity contribution >= 4 is 76.2 Å². The van der Waals surface area contributed by atoms with Gasteiger partial charge in [-0.25, -0.2) is 0 Å². The van der Waals surface area contributed by atoms with Crippen LogP contribution in [0.5, 0.6) is 0 Å². The van der Waals surface area contributed by atoms with Gasteiger partial charge in [-0.05, 0) is 157 Å². The topological polar surface area (TPSA) is 8.82 Å². The Labute approximate surface area is 564 Å². The first-order chi connectivity index (χ1) is 46.2. The van der Waals surface area contributed by atoms with E-state index in [2.05, 4.69) is 359 Å². The van der Waals surface area contributed by atoms with Crippen LogP contribution in [0.15, 0.2) is 267 Å². The van der Waals surface area contributed by atoms with Gasteiger partial charge in [-0.2, -0.15) is 0 Å². The molecule has 0 aliphatic carbocycles. The fourth-order valence-electron chi connectivity index (χ4n) is 15.8. The molecule has 0 amide bonds. The molecule has 0 saturated carbocycles. The maximum atomic E-state index is 2.68. The molecule has 17 rings (SSSR count). The van der Waals surface area contributed by atoms with Gasteiger partial charge in [0.2, 0.25) is 0 Å². The number of nitrogens with zero attached hydrogens (tertiary/aromatic N) is 2. The van der Waals surface area contributed by atoms with Crippen molar-refractivity contribution in [3.63, 3.8) is 0 Å². The van der Waals surface area contributed by atoms with Crippen LogP contribution in [-0.4, -0.2) is 8.80 Å². The van der Waals surface area contributed by atoms with Gasteiger partial charge in [0.25, 0.3) is 0 Å². The van der Waals surface area contributed by atoms with E-state index >= 15 is 0 Å². The van der Waals surface area contributed by atoms with Crippen molar-refractivity contribution in [1.29, 1.82) is 0 Å². The first-order valence-corrected chi connectivity index (χ1v) is 34.4. The molecule has 2 nitrogen and oxygen atoms in total. The Bertz CT molecular complexity index is 5380. The van der Waals surface area contributed by atoms with Crippen molar-refractivity contribution in [1.82, 2.24) is 8.80 Å². The second-order valence-electron chi connectivity index (χ2n) is 31.3. The zero-order valence-corrected chi connectivity index (χ0v) is 57.3. The molecule has 13 aromatic carbocycles. The minimum Gasteiger partial charge on any atom is -0.308 e. The Morgan fingerprint density at radius 2 is 0.438 bits per heavy atom. The minimum absolute atomic E-state index is 0.0454.